The molecule has 8 nitrogen and oxygen atoms in total. The number of aromatic nitrogens is 4. The van der Waals surface area contributed by atoms with Crippen LogP contribution in [0, 0.1) is 6.92 Å². The van der Waals surface area contributed by atoms with E-state index in [1.54, 1.807) is 36.1 Å². The molecule has 2 amide bonds. The van der Waals surface area contributed by atoms with Gasteiger partial charge in [-0.05, 0) is 50.5 Å². The molecule has 0 radical (unpaired) electrons. The summed E-state index contributed by atoms with van der Waals surface area (Å²) in [7, 11) is 0. The highest BCUT2D eigenvalue weighted by molar-refractivity contribution is 6.30. The van der Waals surface area contributed by atoms with Gasteiger partial charge in [-0.25, -0.2) is 15.0 Å². The number of halogens is 1. The van der Waals surface area contributed by atoms with Crippen LogP contribution in [-0.4, -0.2) is 43.2 Å². The van der Waals surface area contributed by atoms with Crippen molar-refractivity contribution in [2.24, 2.45) is 0 Å². The minimum Gasteiger partial charge on any atom is -0.327 e. The summed E-state index contributed by atoms with van der Waals surface area (Å²) in [6, 6.07) is 6.59. The van der Waals surface area contributed by atoms with Gasteiger partial charge in [0.2, 0.25) is 0 Å². The van der Waals surface area contributed by atoms with E-state index >= 15 is 0 Å². The minimum absolute atomic E-state index is 0.191. The first-order valence-corrected chi connectivity index (χ1v) is 10.4. The molecule has 4 rings (SSSR count). The van der Waals surface area contributed by atoms with Crippen molar-refractivity contribution in [1.82, 2.24) is 24.8 Å². The number of hydrogen-bond acceptors (Lipinski definition) is 6. The number of carbonyl (C=O) groups excluding carboxylic acids is 2. The van der Waals surface area contributed by atoms with Crippen molar-refractivity contribution in [2.75, 3.05) is 11.9 Å². The molecular weight excluding hydrogens is 416 g/mol. The van der Waals surface area contributed by atoms with Gasteiger partial charge in [-0.1, -0.05) is 11.6 Å². The second-order valence-corrected chi connectivity index (χ2v) is 7.73. The molecule has 31 heavy (non-hydrogen) atoms. The van der Waals surface area contributed by atoms with E-state index in [2.05, 4.69) is 25.3 Å². The van der Waals surface area contributed by atoms with Gasteiger partial charge in [0, 0.05) is 35.8 Å². The Labute approximate surface area is 184 Å². The molecule has 1 aromatic carbocycles. The summed E-state index contributed by atoms with van der Waals surface area (Å²) >= 11 is 5.89. The first-order valence-electron chi connectivity index (χ1n) is 10.0. The van der Waals surface area contributed by atoms with Gasteiger partial charge < -0.3 is 10.2 Å². The van der Waals surface area contributed by atoms with Crippen molar-refractivity contribution in [3.8, 4) is 0 Å². The van der Waals surface area contributed by atoms with Gasteiger partial charge in [-0.2, -0.15) is 0 Å². The first kappa shape index (κ1) is 20.9. The van der Waals surface area contributed by atoms with Gasteiger partial charge in [0.05, 0.1) is 23.5 Å². The zero-order valence-electron chi connectivity index (χ0n) is 17.0. The Morgan fingerprint density at radius 3 is 2.61 bits per heavy atom. The molecule has 1 fully saturated rings. The van der Waals surface area contributed by atoms with E-state index in [4.69, 9.17) is 11.6 Å². The van der Waals surface area contributed by atoms with Crippen molar-refractivity contribution in [1.29, 1.82) is 0 Å². The summed E-state index contributed by atoms with van der Waals surface area (Å²) in [5, 5.41) is 3.41. The fourth-order valence-corrected chi connectivity index (χ4v) is 3.73. The Bertz CT molecular complexity index is 1090. The Kier molecular flexibility index (Phi) is 6.18. The van der Waals surface area contributed by atoms with E-state index in [-0.39, 0.29) is 17.9 Å². The molecule has 1 N–H and O–H groups in total. The number of nitrogens with zero attached hydrogens (tertiary/aromatic N) is 5. The third-order valence-corrected chi connectivity index (χ3v) is 5.44. The predicted molar refractivity (Wildman–Crippen MR) is 116 cm³/mol. The molecule has 3 aromatic rings. The highest BCUT2D eigenvalue weighted by Crippen LogP contribution is 2.30. The average molecular weight is 437 g/mol. The monoisotopic (exact) mass is 436 g/mol. The van der Waals surface area contributed by atoms with Crippen molar-refractivity contribution < 1.29 is 9.59 Å². The van der Waals surface area contributed by atoms with Crippen LogP contribution < -0.4 is 5.32 Å². The van der Waals surface area contributed by atoms with Crippen LogP contribution in [0.4, 0.5) is 5.69 Å². The van der Waals surface area contributed by atoms with Crippen LogP contribution >= 0.6 is 11.6 Å². The molecular formula is C22H21ClN6O2. The van der Waals surface area contributed by atoms with Crippen LogP contribution in [0.3, 0.4) is 0 Å². The molecule has 0 bridgehead atoms. The first-order chi connectivity index (χ1) is 15.0. The number of hydrogen-bond donors (Lipinski definition) is 1. The molecule has 2 aromatic heterocycles. The van der Waals surface area contributed by atoms with Crippen LogP contribution in [0.25, 0.3) is 0 Å². The molecule has 1 aliphatic heterocycles. The number of rotatable bonds is 4. The number of carbonyl (C=O) groups is 2. The highest BCUT2D eigenvalue weighted by Gasteiger charge is 2.31. The lowest BCUT2D eigenvalue weighted by Gasteiger charge is -2.34. The smallest absolute Gasteiger partial charge is 0.274 e. The molecule has 0 saturated carbocycles. The van der Waals surface area contributed by atoms with E-state index in [9.17, 15) is 9.59 Å². The predicted octanol–water partition coefficient (Wildman–Crippen LogP) is 3.85. The molecule has 158 valence electrons. The van der Waals surface area contributed by atoms with Crippen molar-refractivity contribution in [3.05, 3.63) is 76.9 Å². The minimum atomic E-state index is -0.303. The van der Waals surface area contributed by atoms with Gasteiger partial charge in [-0.15, -0.1) is 0 Å². The normalized spacial score (nSPS) is 16.1. The Morgan fingerprint density at radius 1 is 1.10 bits per heavy atom. The zero-order chi connectivity index (χ0) is 21.8. The molecule has 0 spiro atoms. The van der Waals surface area contributed by atoms with E-state index in [1.165, 1.54) is 24.8 Å². The van der Waals surface area contributed by atoms with Gasteiger partial charge in [0.25, 0.3) is 11.8 Å². The lowest BCUT2D eigenvalue weighted by Crippen LogP contribution is -2.39. The number of anilines is 1. The summed E-state index contributed by atoms with van der Waals surface area (Å²) < 4.78 is 0. The summed E-state index contributed by atoms with van der Waals surface area (Å²) in [4.78, 5) is 44.5. The second kappa shape index (κ2) is 9.18. The fourth-order valence-electron chi connectivity index (χ4n) is 3.60. The Balaban J connectivity index is 1.55. The third-order valence-electron chi connectivity index (χ3n) is 5.19. The van der Waals surface area contributed by atoms with Crippen molar-refractivity contribution >= 4 is 29.1 Å². The van der Waals surface area contributed by atoms with Crippen LogP contribution in [0.5, 0.6) is 0 Å². The summed E-state index contributed by atoms with van der Waals surface area (Å²) in [6.45, 7) is 2.36. The number of benzene rings is 1. The highest BCUT2D eigenvalue weighted by atomic mass is 35.5. The van der Waals surface area contributed by atoms with Crippen LogP contribution in [-0.2, 0) is 0 Å². The SMILES string of the molecule is Cc1nc(C2CCCCN2C(=O)c2cnccn2)ncc1C(=O)Nc1ccc(Cl)cc1. The molecule has 1 atom stereocenters. The molecule has 0 aliphatic carbocycles. The Hall–Kier alpha value is -3.39. The third kappa shape index (κ3) is 4.69. The molecule has 9 heteroatoms. The summed E-state index contributed by atoms with van der Waals surface area (Å²) in [6.07, 6.45) is 8.64. The number of likely N-dealkylation sites (tertiary alicyclic amines) is 1. The van der Waals surface area contributed by atoms with E-state index < -0.39 is 0 Å². The quantitative estimate of drug-likeness (QED) is 0.666. The average Bonchev–Trinajstić information content (AvgIpc) is 2.80. The van der Waals surface area contributed by atoms with Gasteiger partial charge >= 0.3 is 0 Å². The van der Waals surface area contributed by atoms with Crippen molar-refractivity contribution in [3.63, 3.8) is 0 Å². The second-order valence-electron chi connectivity index (χ2n) is 7.29. The molecule has 3 heterocycles. The summed E-state index contributed by atoms with van der Waals surface area (Å²) in [5.41, 5.74) is 1.85. The molecule has 1 aliphatic rings. The van der Waals surface area contributed by atoms with E-state index in [1.807, 2.05) is 0 Å². The Morgan fingerprint density at radius 2 is 1.90 bits per heavy atom. The lowest BCUT2D eigenvalue weighted by atomic mass is 10.0. The largest absolute Gasteiger partial charge is 0.327 e. The molecule has 1 unspecified atom stereocenters. The van der Waals surface area contributed by atoms with Gasteiger partial charge in [0.15, 0.2) is 5.82 Å². The maximum absolute atomic E-state index is 13.0. The van der Waals surface area contributed by atoms with Crippen LogP contribution in [0.15, 0.2) is 49.1 Å². The maximum atomic E-state index is 13.0. The number of nitrogens with one attached hydrogen (secondary N) is 1. The van der Waals surface area contributed by atoms with E-state index in [0.717, 1.165) is 19.3 Å². The maximum Gasteiger partial charge on any atom is 0.274 e. The standard InChI is InChI=1S/C22H21ClN6O2/c1-14-17(21(30)28-16-7-5-15(23)6-8-16)12-26-20(27-14)19-4-2-3-11-29(19)22(31)18-13-24-9-10-25-18/h5-10,12-13,19H,2-4,11H2,1H3,(H,28,30). The van der Waals surface area contributed by atoms with Crippen molar-refractivity contribution in [2.45, 2.75) is 32.2 Å². The van der Waals surface area contributed by atoms with E-state index in [0.29, 0.717) is 40.0 Å². The zero-order valence-corrected chi connectivity index (χ0v) is 17.7. The topological polar surface area (TPSA) is 101 Å². The van der Waals surface area contributed by atoms with Gasteiger partial charge in [-0.3, -0.25) is 14.6 Å². The van der Waals surface area contributed by atoms with Crippen LogP contribution in [0.2, 0.25) is 5.02 Å². The van der Waals surface area contributed by atoms with Crippen LogP contribution in [0.1, 0.15) is 57.7 Å². The lowest BCUT2D eigenvalue weighted by molar-refractivity contribution is 0.0592. The number of amides is 2. The fraction of sp³-hybridized carbons (Fsp3) is 0.273. The molecule has 1 saturated heterocycles. The summed E-state index contributed by atoms with van der Waals surface area (Å²) in [5.74, 6) is 0.0311. The number of aryl methyl sites for hydroxylation is 1. The van der Waals surface area contributed by atoms with Gasteiger partial charge in [0.1, 0.15) is 5.69 Å². The number of piperidine rings is 1.